The number of benzene rings is 1. The predicted octanol–water partition coefficient (Wildman–Crippen LogP) is 4.61. The molecule has 11 heteroatoms. The molecule has 1 saturated heterocycles. The number of aliphatic hydroxyl groups excluding tert-OH is 1. The molecular formula is C30H26FN7O2S. The first kappa shape index (κ1) is 26.6. The summed E-state index contributed by atoms with van der Waals surface area (Å²) in [5.41, 5.74) is 5.27. The average molecular weight is 568 g/mol. The van der Waals surface area contributed by atoms with E-state index in [4.69, 9.17) is 9.97 Å². The van der Waals surface area contributed by atoms with Crippen molar-refractivity contribution in [3.8, 4) is 28.6 Å². The van der Waals surface area contributed by atoms with Gasteiger partial charge in [0.1, 0.15) is 33.9 Å². The summed E-state index contributed by atoms with van der Waals surface area (Å²) in [4.78, 5) is 30.6. The molecule has 0 bridgehead atoms. The summed E-state index contributed by atoms with van der Waals surface area (Å²) in [7, 11) is 1.89. The molecule has 1 amide bonds. The standard InChI is InChI=1S/C30H26FN7O2S/c1-3-23-29(36(2)30-35-28(25(13-32)41-30)19-5-8-21(31)9-6-19)38-15-20(7-11-26(38)34-23)24-10-4-18(14-33-24)12-27(40)37-16-22(39)17-37/h4-11,14-15,22,39H,3,12,16-17H2,1-2H3. The second-order valence-corrected chi connectivity index (χ2v) is 10.9. The number of fused-ring (bicyclic) bond motifs is 1. The fourth-order valence-electron chi connectivity index (χ4n) is 4.89. The molecule has 0 unspecified atom stereocenters. The van der Waals surface area contributed by atoms with Crippen LogP contribution in [0.2, 0.25) is 0 Å². The van der Waals surface area contributed by atoms with Crippen LogP contribution in [0.3, 0.4) is 0 Å². The number of thiazole rings is 1. The van der Waals surface area contributed by atoms with Gasteiger partial charge < -0.3 is 14.9 Å². The maximum atomic E-state index is 13.5. The van der Waals surface area contributed by atoms with Gasteiger partial charge in [0.05, 0.1) is 23.9 Å². The Morgan fingerprint density at radius 3 is 2.56 bits per heavy atom. The highest BCUT2D eigenvalue weighted by Gasteiger charge is 2.28. The lowest BCUT2D eigenvalue weighted by Crippen LogP contribution is -2.53. The van der Waals surface area contributed by atoms with E-state index in [1.54, 1.807) is 23.2 Å². The Labute approximate surface area is 239 Å². The van der Waals surface area contributed by atoms with E-state index in [1.807, 2.05) is 53.7 Å². The number of halogens is 1. The number of anilines is 2. The molecule has 0 spiro atoms. The molecule has 0 atom stereocenters. The summed E-state index contributed by atoms with van der Waals surface area (Å²) >= 11 is 1.27. The number of carbonyl (C=O) groups is 1. The zero-order valence-electron chi connectivity index (χ0n) is 22.5. The number of β-amino-alcohol motifs (C(OH)–C–C–N with tert-alkyl or cyclic N) is 1. The zero-order valence-corrected chi connectivity index (χ0v) is 23.3. The Morgan fingerprint density at radius 2 is 1.90 bits per heavy atom. The molecule has 0 aliphatic carbocycles. The number of aliphatic hydroxyl groups is 1. The van der Waals surface area contributed by atoms with Crippen LogP contribution in [0, 0.1) is 17.1 Å². The van der Waals surface area contributed by atoms with Crippen molar-refractivity contribution < 1.29 is 14.3 Å². The molecule has 1 fully saturated rings. The van der Waals surface area contributed by atoms with Crippen molar-refractivity contribution >= 4 is 33.8 Å². The summed E-state index contributed by atoms with van der Waals surface area (Å²) in [6.07, 6.45) is 4.19. The number of carbonyl (C=O) groups excluding carboxylic acids is 1. The molecule has 9 nitrogen and oxygen atoms in total. The molecule has 5 aromatic rings. The lowest BCUT2D eigenvalue weighted by Gasteiger charge is -2.35. The van der Waals surface area contributed by atoms with Crippen LogP contribution in [0.1, 0.15) is 23.1 Å². The van der Waals surface area contributed by atoms with Gasteiger partial charge in [0, 0.05) is 43.7 Å². The van der Waals surface area contributed by atoms with Gasteiger partial charge in [-0.05, 0) is 54.4 Å². The molecule has 4 aromatic heterocycles. The van der Waals surface area contributed by atoms with Gasteiger partial charge in [-0.1, -0.05) is 24.3 Å². The predicted molar refractivity (Wildman–Crippen MR) is 154 cm³/mol. The zero-order chi connectivity index (χ0) is 28.7. The van der Waals surface area contributed by atoms with Crippen molar-refractivity contribution in [2.24, 2.45) is 0 Å². The number of aryl methyl sites for hydroxylation is 1. The van der Waals surface area contributed by atoms with Crippen molar-refractivity contribution in [1.82, 2.24) is 24.3 Å². The van der Waals surface area contributed by atoms with E-state index < -0.39 is 6.10 Å². The minimum absolute atomic E-state index is 0.0196. The van der Waals surface area contributed by atoms with Crippen LogP contribution in [-0.2, 0) is 17.6 Å². The average Bonchev–Trinajstić information content (AvgIpc) is 3.57. The monoisotopic (exact) mass is 567 g/mol. The van der Waals surface area contributed by atoms with Gasteiger partial charge in [0.2, 0.25) is 5.91 Å². The summed E-state index contributed by atoms with van der Waals surface area (Å²) < 4.78 is 15.5. The van der Waals surface area contributed by atoms with Gasteiger partial charge in [-0.3, -0.25) is 14.2 Å². The van der Waals surface area contributed by atoms with Crippen LogP contribution in [0.5, 0.6) is 0 Å². The van der Waals surface area contributed by atoms with Crippen molar-refractivity contribution in [2.45, 2.75) is 25.9 Å². The molecule has 1 aliphatic heterocycles. The number of rotatable bonds is 7. The second kappa shape index (κ2) is 10.7. The number of hydrogen-bond donors (Lipinski definition) is 1. The number of nitriles is 1. The molecule has 41 heavy (non-hydrogen) atoms. The van der Waals surface area contributed by atoms with E-state index >= 15 is 0 Å². The third kappa shape index (κ3) is 5.03. The summed E-state index contributed by atoms with van der Waals surface area (Å²) in [6, 6.07) is 15.9. The molecule has 5 heterocycles. The van der Waals surface area contributed by atoms with Crippen molar-refractivity contribution in [2.75, 3.05) is 25.0 Å². The highest BCUT2D eigenvalue weighted by Crippen LogP contribution is 2.37. The number of imidazole rings is 1. The fraction of sp³-hybridized carbons (Fsp3) is 0.233. The number of likely N-dealkylation sites (tertiary alicyclic amines) is 1. The maximum Gasteiger partial charge on any atom is 0.227 e. The van der Waals surface area contributed by atoms with Gasteiger partial charge in [-0.15, -0.1) is 0 Å². The Morgan fingerprint density at radius 1 is 1.15 bits per heavy atom. The van der Waals surface area contributed by atoms with Gasteiger partial charge >= 0.3 is 0 Å². The minimum atomic E-state index is -0.421. The second-order valence-electron chi connectivity index (χ2n) is 9.91. The lowest BCUT2D eigenvalue weighted by atomic mass is 10.1. The topological polar surface area (TPSA) is 111 Å². The summed E-state index contributed by atoms with van der Waals surface area (Å²) in [5.74, 6) is 0.458. The van der Waals surface area contributed by atoms with Crippen LogP contribution in [0.25, 0.3) is 28.2 Å². The van der Waals surface area contributed by atoms with E-state index in [0.717, 1.165) is 34.0 Å². The molecule has 0 saturated carbocycles. The summed E-state index contributed by atoms with van der Waals surface area (Å²) in [6.45, 7) is 2.81. The molecule has 1 N–H and O–H groups in total. The SMILES string of the molecule is CCc1nc2ccc(-c3ccc(CC(=O)N4CC(O)C4)cn3)cn2c1N(C)c1nc(-c2ccc(F)cc2)c(C#N)s1. The maximum absolute atomic E-state index is 13.5. The van der Waals surface area contributed by atoms with E-state index in [2.05, 4.69) is 11.1 Å². The van der Waals surface area contributed by atoms with Crippen LogP contribution in [0.15, 0.2) is 60.9 Å². The first-order valence-corrected chi connectivity index (χ1v) is 14.0. The lowest BCUT2D eigenvalue weighted by molar-refractivity contribution is -0.140. The third-order valence-electron chi connectivity index (χ3n) is 7.13. The fourth-order valence-corrected chi connectivity index (χ4v) is 5.74. The normalized spacial score (nSPS) is 13.3. The van der Waals surface area contributed by atoms with Crippen molar-refractivity contribution in [3.63, 3.8) is 0 Å². The smallest absolute Gasteiger partial charge is 0.227 e. The van der Waals surface area contributed by atoms with E-state index in [9.17, 15) is 19.6 Å². The number of pyridine rings is 2. The molecule has 6 rings (SSSR count). The number of amides is 1. The van der Waals surface area contributed by atoms with E-state index in [-0.39, 0.29) is 18.1 Å². The highest BCUT2D eigenvalue weighted by molar-refractivity contribution is 7.16. The molecular weight excluding hydrogens is 541 g/mol. The molecule has 0 radical (unpaired) electrons. The Kier molecular flexibility index (Phi) is 6.95. The van der Waals surface area contributed by atoms with E-state index in [0.29, 0.717) is 40.8 Å². The van der Waals surface area contributed by atoms with E-state index in [1.165, 1.54) is 23.5 Å². The first-order valence-electron chi connectivity index (χ1n) is 13.2. The largest absolute Gasteiger partial charge is 0.389 e. The number of aromatic nitrogens is 4. The van der Waals surface area contributed by atoms with Crippen molar-refractivity contribution in [3.05, 3.63) is 82.9 Å². The summed E-state index contributed by atoms with van der Waals surface area (Å²) in [5, 5.41) is 19.8. The Hall–Kier alpha value is -4.66. The first-order chi connectivity index (χ1) is 19.8. The third-order valence-corrected chi connectivity index (χ3v) is 8.16. The highest BCUT2D eigenvalue weighted by atomic mass is 32.1. The number of nitrogens with zero attached hydrogens (tertiary/aromatic N) is 7. The Bertz CT molecular complexity index is 1780. The minimum Gasteiger partial charge on any atom is -0.389 e. The molecule has 206 valence electrons. The van der Waals surface area contributed by atoms with Gasteiger partial charge in [-0.25, -0.2) is 14.4 Å². The van der Waals surface area contributed by atoms with Crippen LogP contribution >= 0.6 is 11.3 Å². The molecule has 1 aliphatic rings. The van der Waals surface area contributed by atoms with Gasteiger partial charge in [0.25, 0.3) is 0 Å². The quantitative estimate of drug-likeness (QED) is 0.306. The Balaban J connectivity index is 1.31. The molecule has 1 aromatic carbocycles. The van der Waals surface area contributed by atoms with Gasteiger partial charge in [0.15, 0.2) is 5.13 Å². The van der Waals surface area contributed by atoms with Crippen LogP contribution in [-0.4, -0.2) is 61.5 Å². The van der Waals surface area contributed by atoms with Crippen LogP contribution in [0.4, 0.5) is 15.3 Å². The van der Waals surface area contributed by atoms with Gasteiger partial charge in [-0.2, -0.15) is 5.26 Å². The number of hydrogen-bond acceptors (Lipinski definition) is 8. The van der Waals surface area contributed by atoms with Crippen molar-refractivity contribution in [1.29, 1.82) is 5.26 Å². The van der Waals surface area contributed by atoms with Crippen LogP contribution < -0.4 is 4.90 Å².